The number of aryl methyl sites for hydroxylation is 4. The number of benzene rings is 1. The molecule has 7 rings (SSSR count). The lowest BCUT2D eigenvalue weighted by atomic mass is 9.86. The zero-order valence-electron chi connectivity index (χ0n) is 23.1. The first-order chi connectivity index (χ1) is 19.5. The smallest absolute Gasteiger partial charge is 0.143 e. The summed E-state index contributed by atoms with van der Waals surface area (Å²) in [6.45, 7) is 5.46. The zero-order valence-corrected chi connectivity index (χ0v) is 23.1. The Morgan fingerprint density at radius 1 is 0.875 bits per heavy atom. The summed E-state index contributed by atoms with van der Waals surface area (Å²) in [6.07, 6.45) is 3.87. The number of hydrogen-bond donors (Lipinski definition) is 0. The normalized spacial score (nSPS) is 15.3. The first kappa shape index (κ1) is 24.6. The predicted molar refractivity (Wildman–Crippen MR) is 153 cm³/mol. The van der Waals surface area contributed by atoms with E-state index in [1.807, 2.05) is 38.8 Å². The van der Waals surface area contributed by atoms with Crippen molar-refractivity contribution in [3.63, 3.8) is 0 Å². The molecule has 1 saturated heterocycles. The Balaban J connectivity index is 1.56. The van der Waals surface area contributed by atoms with Crippen LogP contribution in [0.2, 0.25) is 0 Å². The van der Waals surface area contributed by atoms with Gasteiger partial charge in [-0.15, -0.1) is 10.2 Å². The first-order valence-electron chi connectivity index (χ1n) is 13.7. The fourth-order valence-corrected chi connectivity index (χ4v) is 6.30. The van der Waals surface area contributed by atoms with Crippen LogP contribution in [0.5, 0.6) is 0 Å². The van der Waals surface area contributed by atoms with E-state index >= 15 is 0 Å². The van der Waals surface area contributed by atoms with E-state index in [2.05, 4.69) is 73.7 Å². The summed E-state index contributed by atoms with van der Waals surface area (Å²) in [4.78, 5) is 10.3. The fourth-order valence-electron chi connectivity index (χ4n) is 6.30. The summed E-state index contributed by atoms with van der Waals surface area (Å²) in [5.41, 5.74) is 9.53. The second-order valence-corrected chi connectivity index (χ2v) is 10.6. The van der Waals surface area contributed by atoms with E-state index in [1.54, 1.807) is 4.68 Å². The average Bonchev–Trinajstić information content (AvgIpc) is 3.61. The quantitative estimate of drug-likeness (QED) is 0.313. The molecule has 0 N–H and O–H groups in total. The molecule has 0 unspecified atom stereocenters. The van der Waals surface area contributed by atoms with Crippen LogP contribution in [-0.2, 0) is 18.8 Å². The molecule has 10 heteroatoms. The third-order valence-electron chi connectivity index (χ3n) is 8.12. The monoisotopic (exact) mass is 533 g/mol. The summed E-state index contributed by atoms with van der Waals surface area (Å²) >= 11 is 0. The second kappa shape index (κ2) is 9.63. The van der Waals surface area contributed by atoms with Crippen LogP contribution in [0.4, 0.5) is 0 Å². The number of rotatable bonds is 5. The van der Waals surface area contributed by atoms with Crippen LogP contribution < -0.4 is 0 Å². The van der Waals surface area contributed by atoms with Gasteiger partial charge in [-0.1, -0.05) is 40.8 Å². The number of hydrogen-bond acceptors (Lipinski definition) is 7. The van der Waals surface area contributed by atoms with E-state index in [1.165, 1.54) is 5.56 Å². The third-order valence-corrected chi connectivity index (χ3v) is 8.12. The molecule has 0 radical (unpaired) electrons. The molecule has 1 fully saturated rings. The summed E-state index contributed by atoms with van der Waals surface area (Å²) in [6, 6.07) is 17.2. The maximum absolute atomic E-state index is 5.80. The van der Waals surface area contributed by atoms with Gasteiger partial charge in [0.15, 0.2) is 0 Å². The lowest BCUT2D eigenvalue weighted by Crippen LogP contribution is -2.27. The predicted octanol–water partition coefficient (Wildman–Crippen LogP) is 4.81. The molecule has 1 aliphatic rings. The van der Waals surface area contributed by atoms with Crippen LogP contribution in [0.15, 0.2) is 54.7 Å². The van der Waals surface area contributed by atoms with Crippen molar-refractivity contribution in [3.8, 4) is 22.6 Å². The Labute approximate surface area is 231 Å². The summed E-state index contributed by atoms with van der Waals surface area (Å²) < 4.78 is 11.8. The minimum Gasteiger partial charge on any atom is -0.381 e. The third kappa shape index (κ3) is 3.90. The number of fused-ring (bicyclic) bond motifs is 3. The Bertz CT molecular complexity index is 1700. The SMILES string of the molecule is Cc1nnn(C)c1-c1cnc2c3ccc(-c4c(C)nnn4C)nc3n([C@H](c3ccccc3)C3CCOCC3)c2c1. The Hall–Kier alpha value is -4.44. The molecule has 40 heavy (non-hydrogen) atoms. The van der Waals surface area contributed by atoms with Crippen molar-refractivity contribution in [2.75, 3.05) is 13.2 Å². The lowest BCUT2D eigenvalue weighted by Gasteiger charge is -2.32. The molecule has 1 aliphatic heterocycles. The molecule has 6 aromatic rings. The Morgan fingerprint density at radius 2 is 1.57 bits per heavy atom. The van der Waals surface area contributed by atoms with Gasteiger partial charge in [0.05, 0.1) is 39.9 Å². The molecular weight excluding hydrogens is 502 g/mol. The van der Waals surface area contributed by atoms with Gasteiger partial charge in [-0.05, 0) is 56.4 Å². The number of ether oxygens (including phenoxy) is 1. The van der Waals surface area contributed by atoms with Crippen LogP contribution in [0.1, 0.15) is 35.8 Å². The maximum Gasteiger partial charge on any atom is 0.143 e. The molecule has 0 bridgehead atoms. The van der Waals surface area contributed by atoms with Crippen LogP contribution in [0.25, 0.3) is 44.7 Å². The molecule has 0 spiro atoms. The van der Waals surface area contributed by atoms with Gasteiger partial charge in [-0.3, -0.25) is 4.98 Å². The van der Waals surface area contributed by atoms with Crippen LogP contribution in [0.3, 0.4) is 0 Å². The van der Waals surface area contributed by atoms with Crippen molar-refractivity contribution < 1.29 is 4.74 Å². The van der Waals surface area contributed by atoms with E-state index in [4.69, 9.17) is 14.7 Å². The van der Waals surface area contributed by atoms with Gasteiger partial charge in [-0.25, -0.2) is 14.3 Å². The van der Waals surface area contributed by atoms with Crippen LogP contribution in [-0.4, -0.2) is 57.7 Å². The van der Waals surface area contributed by atoms with Gasteiger partial charge in [0, 0.05) is 44.5 Å². The topological polar surface area (TPSA) is 101 Å². The summed E-state index contributed by atoms with van der Waals surface area (Å²) in [5.74, 6) is 0.379. The molecule has 6 heterocycles. The van der Waals surface area contributed by atoms with Gasteiger partial charge in [0.25, 0.3) is 0 Å². The van der Waals surface area contributed by atoms with E-state index < -0.39 is 0 Å². The molecule has 0 saturated carbocycles. The highest BCUT2D eigenvalue weighted by atomic mass is 16.5. The molecule has 10 nitrogen and oxygen atoms in total. The minimum atomic E-state index is 0.0569. The standard InChI is InChI=1S/C30H31N9O/c1-18-27(37(3)35-33-18)22-16-25-26(31-17-22)23-10-11-24(28-19(2)34-36-38(28)4)32-30(23)39(25)29(20-8-6-5-7-9-20)21-12-14-40-15-13-21/h5-11,16-17,21,29H,12-15H2,1-4H3/t29-/m1/s1. The van der Waals surface area contributed by atoms with Gasteiger partial charge in [0.1, 0.15) is 11.3 Å². The number of aromatic nitrogens is 9. The van der Waals surface area contributed by atoms with Crippen molar-refractivity contribution >= 4 is 22.1 Å². The average molecular weight is 534 g/mol. The first-order valence-corrected chi connectivity index (χ1v) is 13.7. The lowest BCUT2D eigenvalue weighted by molar-refractivity contribution is 0.0552. The molecule has 202 valence electrons. The van der Waals surface area contributed by atoms with Gasteiger partial charge in [-0.2, -0.15) is 0 Å². The van der Waals surface area contributed by atoms with Crippen molar-refractivity contribution in [3.05, 3.63) is 71.7 Å². The van der Waals surface area contributed by atoms with Gasteiger partial charge in [0.2, 0.25) is 0 Å². The van der Waals surface area contributed by atoms with Crippen LogP contribution >= 0.6 is 0 Å². The Kier molecular flexibility index (Phi) is 5.92. The largest absolute Gasteiger partial charge is 0.381 e. The zero-order chi connectivity index (χ0) is 27.4. The van der Waals surface area contributed by atoms with Crippen molar-refractivity contribution in [2.45, 2.75) is 32.7 Å². The van der Waals surface area contributed by atoms with Crippen LogP contribution in [0, 0.1) is 19.8 Å². The highest BCUT2D eigenvalue weighted by Crippen LogP contribution is 2.41. The molecule has 0 aliphatic carbocycles. The highest BCUT2D eigenvalue weighted by Gasteiger charge is 2.31. The highest BCUT2D eigenvalue weighted by molar-refractivity contribution is 6.06. The van der Waals surface area contributed by atoms with Gasteiger partial charge < -0.3 is 9.30 Å². The minimum absolute atomic E-state index is 0.0569. The van der Waals surface area contributed by atoms with E-state index in [0.717, 1.165) is 82.2 Å². The molecule has 5 aromatic heterocycles. The summed E-state index contributed by atoms with van der Waals surface area (Å²) in [5, 5.41) is 18.1. The van der Waals surface area contributed by atoms with Crippen molar-refractivity contribution in [2.24, 2.45) is 20.0 Å². The molecule has 1 atom stereocenters. The molecule has 1 aromatic carbocycles. The second-order valence-electron chi connectivity index (χ2n) is 10.6. The Morgan fingerprint density at radius 3 is 2.25 bits per heavy atom. The fraction of sp³-hybridized carbons (Fsp3) is 0.333. The van der Waals surface area contributed by atoms with Crippen molar-refractivity contribution in [1.82, 2.24) is 44.5 Å². The summed E-state index contributed by atoms with van der Waals surface area (Å²) in [7, 11) is 3.83. The van der Waals surface area contributed by atoms with E-state index in [0.29, 0.717) is 5.92 Å². The molecular formula is C30H31N9O. The number of pyridine rings is 2. The number of nitrogens with zero attached hydrogens (tertiary/aromatic N) is 9. The van der Waals surface area contributed by atoms with Crippen molar-refractivity contribution in [1.29, 1.82) is 0 Å². The maximum atomic E-state index is 5.80. The van der Waals surface area contributed by atoms with Gasteiger partial charge >= 0.3 is 0 Å². The molecule has 0 amide bonds. The van der Waals surface area contributed by atoms with E-state index in [-0.39, 0.29) is 6.04 Å². The van der Waals surface area contributed by atoms with E-state index in [9.17, 15) is 0 Å².